The molecular weight excluding hydrogens is 184 g/mol. The van der Waals surface area contributed by atoms with Gasteiger partial charge in [0.1, 0.15) is 0 Å². The smallest absolute Gasteiger partial charge is 0.355 e. The molecule has 5 nitrogen and oxygen atoms in total. The lowest BCUT2D eigenvalue weighted by atomic mass is 10.2. The minimum Gasteiger partial charge on any atom is -0.476 e. The Morgan fingerprint density at radius 3 is 2.79 bits per heavy atom. The molecule has 0 aliphatic heterocycles. The molecule has 14 heavy (non-hydrogen) atoms. The van der Waals surface area contributed by atoms with E-state index >= 15 is 0 Å². The van der Waals surface area contributed by atoms with Crippen LogP contribution in [0.15, 0.2) is 0 Å². The first kappa shape index (κ1) is 9.99. The van der Waals surface area contributed by atoms with Crippen molar-refractivity contribution in [1.29, 1.82) is 0 Å². The van der Waals surface area contributed by atoms with E-state index in [0.29, 0.717) is 12.0 Å². The van der Waals surface area contributed by atoms with Crippen LogP contribution in [-0.4, -0.2) is 27.1 Å². The molecule has 1 aromatic heterocycles. The van der Waals surface area contributed by atoms with Gasteiger partial charge in [0.15, 0.2) is 12.0 Å². The molecule has 0 saturated heterocycles. The van der Waals surface area contributed by atoms with Crippen LogP contribution in [0.2, 0.25) is 0 Å². The van der Waals surface area contributed by atoms with Crippen molar-refractivity contribution in [3.63, 3.8) is 0 Å². The molecule has 0 unspecified atom stereocenters. The Morgan fingerprint density at radius 2 is 2.29 bits per heavy atom. The summed E-state index contributed by atoms with van der Waals surface area (Å²) in [6.07, 6.45) is 0.415. The van der Waals surface area contributed by atoms with E-state index in [1.165, 1.54) is 11.7 Å². The summed E-state index contributed by atoms with van der Waals surface area (Å²) in [5, 5.41) is 12.7. The Morgan fingerprint density at radius 1 is 1.64 bits per heavy atom. The van der Waals surface area contributed by atoms with Gasteiger partial charge in [-0.2, -0.15) is 5.10 Å². The maximum absolute atomic E-state index is 10.8. The molecule has 1 rings (SSSR count). The second-order valence-corrected chi connectivity index (χ2v) is 2.62. The Hall–Kier alpha value is -2.09. The highest BCUT2D eigenvalue weighted by molar-refractivity contribution is 5.90. The molecule has 0 spiro atoms. The first-order chi connectivity index (χ1) is 6.57. The monoisotopic (exact) mass is 192 g/mol. The van der Waals surface area contributed by atoms with Gasteiger partial charge in [-0.15, -0.1) is 0 Å². The topological polar surface area (TPSA) is 72.2 Å². The van der Waals surface area contributed by atoms with Crippen molar-refractivity contribution >= 4 is 12.3 Å². The highest BCUT2D eigenvalue weighted by atomic mass is 16.4. The third-order valence-electron chi connectivity index (χ3n) is 1.68. The highest BCUT2D eigenvalue weighted by Crippen LogP contribution is 2.11. The minimum absolute atomic E-state index is 0.00292. The molecule has 0 fully saturated rings. The zero-order valence-corrected chi connectivity index (χ0v) is 7.74. The third kappa shape index (κ3) is 1.64. The summed E-state index contributed by atoms with van der Waals surface area (Å²) in [5.74, 6) is 3.51. The minimum atomic E-state index is -1.11. The lowest BCUT2D eigenvalue weighted by Gasteiger charge is -1.93. The summed E-state index contributed by atoms with van der Waals surface area (Å²) < 4.78 is 1.23. The van der Waals surface area contributed by atoms with Gasteiger partial charge in [-0.05, 0) is 12.8 Å². The predicted octanol–water partition coefficient (Wildman–Crippen LogP) is -0.0229. The van der Waals surface area contributed by atoms with E-state index in [1.807, 2.05) is 0 Å². The summed E-state index contributed by atoms with van der Waals surface area (Å²) in [6.45, 7) is 1.64. The van der Waals surface area contributed by atoms with E-state index in [9.17, 15) is 9.59 Å². The normalized spacial score (nSPS) is 9.00. The average Bonchev–Trinajstić information content (AvgIpc) is 2.37. The van der Waals surface area contributed by atoms with Crippen molar-refractivity contribution in [3.05, 3.63) is 17.0 Å². The number of carboxylic acid groups (broad SMARTS) is 1. The maximum atomic E-state index is 10.8. The van der Waals surface area contributed by atoms with Gasteiger partial charge in [0.25, 0.3) is 0 Å². The van der Waals surface area contributed by atoms with E-state index in [1.54, 1.807) is 6.92 Å². The molecule has 0 aromatic carbocycles. The number of nitrogens with zero attached hydrogens (tertiary/aromatic N) is 2. The summed E-state index contributed by atoms with van der Waals surface area (Å²) in [6, 6.07) is 0. The van der Waals surface area contributed by atoms with Crippen LogP contribution >= 0.6 is 0 Å². The van der Waals surface area contributed by atoms with Crippen molar-refractivity contribution < 1.29 is 14.7 Å². The number of rotatable bonds is 1. The van der Waals surface area contributed by atoms with Gasteiger partial charge in [0.05, 0.1) is 11.3 Å². The number of aromatic carboxylic acids is 1. The summed E-state index contributed by atoms with van der Waals surface area (Å²) in [4.78, 5) is 20.8. The molecule has 0 aliphatic rings. The molecule has 1 heterocycles. The van der Waals surface area contributed by atoms with Crippen LogP contribution in [-0.2, 0) is 11.8 Å². The van der Waals surface area contributed by atoms with Crippen LogP contribution in [0.4, 0.5) is 0 Å². The molecule has 5 heteroatoms. The lowest BCUT2D eigenvalue weighted by molar-refractivity contribution is -0.103. The van der Waals surface area contributed by atoms with Crippen molar-refractivity contribution in [2.75, 3.05) is 0 Å². The van der Waals surface area contributed by atoms with Gasteiger partial charge in [0, 0.05) is 7.05 Å². The first-order valence-electron chi connectivity index (χ1n) is 3.80. The fraction of sp³-hybridized carbons (Fsp3) is 0.222. The fourth-order valence-electron chi connectivity index (χ4n) is 1.15. The molecule has 0 amide bonds. The standard InChI is InChI=1S/C9H8N2O3/c1-6-7(4-3-5-12)8(9(13)14)11(2)10-6/h5H,1-2H3,(H,13,14). The number of aryl methyl sites for hydroxylation is 2. The lowest BCUT2D eigenvalue weighted by Crippen LogP contribution is -2.07. The molecule has 0 bridgehead atoms. The molecule has 0 aliphatic carbocycles. The Balaban J connectivity index is 3.39. The van der Waals surface area contributed by atoms with Crippen LogP contribution in [0.3, 0.4) is 0 Å². The average molecular weight is 192 g/mol. The number of carbonyl (C=O) groups is 2. The zero-order valence-electron chi connectivity index (χ0n) is 7.74. The number of aldehydes is 1. The summed E-state index contributed by atoms with van der Waals surface area (Å²) >= 11 is 0. The number of carboxylic acids is 1. The fourth-order valence-corrected chi connectivity index (χ4v) is 1.15. The van der Waals surface area contributed by atoms with Gasteiger partial charge in [-0.3, -0.25) is 9.48 Å². The predicted molar refractivity (Wildman–Crippen MR) is 47.8 cm³/mol. The molecule has 0 saturated carbocycles. The summed E-state index contributed by atoms with van der Waals surface area (Å²) in [5.41, 5.74) is 0.781. The second-order valence-electron chi connectivity index (χ2n) is 2.62. The molecule has 0 atom stereocenters. The van der Waals surface area contributed by atoms with Crippen LogP contribution in [0.1, 0.15) is 21.7 Å². The Bertz CT molecular complexity index is 449. The second kappa shape index (κ2) is 3.75. The number of hydrogen-bond donors (Lipinski definition) is 1. The van der Waals surface area contributed by atoms with Gasteiger partial charge >= 0.3 is 5.97 Å². The van der Waals surface area contributed by atoms with Gasteiger partial charge < -0.3 is 5.11 Å². The molecule has 72 valence electrons. The number of carbonyl (C=O) groups excluding carboxylic acids is 1. The quantitative estimate of drug-likeness (QED) is 0.501. The molecule has 1 aromatic rings. The van der Waals surface area contributed by atoms with Crippen molar-refractivity contribution in [1.82, 2.24) is 9.78 Å². The molecular formula is C9H8N2O3. The van der Waals surface area contributed by atoms with Crippen LogP contribution < -0.4 is 0 Å². The van der Waals surface area contributed by atoms with Crippen molar-refractivity contribution in [2.45, 2.75) is 6.92 Å². The van der Waals surface area contributed by atoms with E-state index in [-0.39, 0.29) is 11.3 Å². The Labute approximate surface area is 80.3 Å². The van der Waals surface area contributed by atoms with E-state index in [2.05, 4.69) is 16.9 Å². The van der Waals surface area contributed by atoms with Crippen LogP contribution in [0.5, 0.6) is 0 Å². The van der Waals surface area contributed by atoms with E-state index in [0.717, 1.165) is 0 Å². The molecule has 0 radical (unpaired) electrons. The van der Waals surface area contributed by atoms with Gasteiger partial charge in [-0.1, -0.05) is 5.92 Å². The Kier molecular flexibility index (Phi) is 2.67. The first-order valence-corrected chi connectivity index (χ1v) is 3.80. The van der Waals surface area contributed by atoms with Crippen LogP contribution in [0.25, 0.3) is 0 Å². The SMILES string of the molecule is Cc1nn(C)c(C(=O)O)c1C#CC=O. The largest absolute Gasteiger partial charge is 0.476 e. The zero-order chi connectivity index (χ0) is 10.7. The summed E-state index contributed by atoms with van der Waals surface area (Å²) in [7, 11) is 1.52. The highest BCUT2D eigenvalue weighted by Gasteiger charge is 2.17. The van der Waals surface area contributed by atoms with E-state index in [4.69, 9.17) is 5.11 Å². The van der Waals surface area contributed by atoms with Gasteiger partial charge in [0.2, 0.25) is 0 Å². The van der Waals surface area contributed by atoms with Gasteiger partial charge in [-0.25, -0.2) is 4.79 Å². The number of hydrogen-bond acceptors (Lipinski definition) is 3. The number of aromatic nitrogens is 2. The van der Waals surface area contributed by atoms with Crippen molar-refractivity contribution in [2.24, 2.45) is 7.05 Å². The maximum Gasteiger partial charge on any atom is 0.355 e. The third-order valence-corrected chi connectivity index (χ3v) is 1.68. The van der Waals surface area contributed by atoms with Crippen LogP contribution in [0, 0.1) is 18.8 Å². The molecule has 1 N–H and O–H groups in total. The van der Waals surface area contributed by atoms with Crippen molar-refractivity contribution in [3.8, 4) is 11.8 Å². The van der Waals surface area contributed by atoms with E-state index < -0.39 is 5.97 Å².